The predicted molar refractivity (Wildman–Crippen MR) is 96.8 cm³/mol. The Labute approximate surface area is 144 Å². The van der Waals surface area contributed by atoms with Gasteiger partial charge in [0, 0.05) is 37.9 Å². The van der Waals surface area contributed by atoms with Gasteiger partial charge in [0.1, 0.15) is 12.4 Å². The van der Waals surface area contributed by atoms with Crippen molar-refractivity contribution in [3.63, 3.8) is 0 Å². The van der Waals surface area contributed by atoms with E-state index in [9.17, 15) is 0 Å². The molecular weight excluding hydrogens is 319 g/mol. The van der Waals surface area contributed by atoms with Crippen LogP contribution < -0.4 is 15.0 Å². The Morgan fingerprint density at radius 3 is 2.36 bits per heavy atom. The maximum absolute atomic E-state index is 5.88. The zero-order valence-electron chi connectivity index (χ0n) is 12.4. The largest absolute Gasteiger partial charge is 0.489 e. The van der Waals surface area contributed by atoms with Crippen LogP contribution >= 0.6 is 24.8 Å². The van der Waals surface area contributed by atoms with Gasteiger partial charge in [0.2, 0.25) is 0 Å². The van der Waals surface area contributed by atoms with Crippen molar-refractivity contribution in [2.75, 3.05) is 31.1 Å². The van der Waals surface area contributed by atoms with Crippen LogP contribution in [0.5, 0.6) is 5.75 Å². The second-order valence-corrected chi connectivity index (χ2v) is 5.01. The Morgan fingerprint density at radius 2 is 1.64 bits per heavy atom. The molecule has 2 aromatic rings. The number of hydrogen-bond donors (Lipinski definition) is 1. The van der Waals surface area contributed by atoms with Crippen LogP contribution in [0.4, 0.5) is 5.69 Å². The first-order valence-corrected chi connectivity index (χ1v) is 7.14. The van der Waals surface area contributed by atoms with Crippen LogP contribution in [0.15, 0.2) is 54.6 Å². The first-order valence-electron chi connectivity index (χ1n) is 7.14. The quantitative estimate of drug-likeness (QED) is 0.921. The fourth-order valence-corrected chi connectivity index (χ4v) is 2.43. The van der Waals surface area contributed by atoms with Gasteiger partial charge in [-0.25, -0.2) is 0 Å². The molecule has 5 heteroatoms. The van der Waals surface area contributed by atoms with E-state index in [0.717, 1.165) is 31.9 Å². The second-order valence-electron chi connectivity index (χ2n) is 5.01. The Morgan fingerprint density at radius 1 is 0.909 bits per heavy atom. The second kappa shape index (κ2) is 9.57. The van der Waals surface area contributed by atoms with Crippen molar-refractivity contribution in [2.24, 2.45) is 0 Å². The normalized spacial score (nSPS) is 13.7. The number of nitrogens with zero attached hydrogens (tertiary/aromatic N) is 1. The van der Waals surface area contributed by atoms with E-state index in [4.69, 9.17) is 4.74 Å². The van der Waals surface area contributed by atoms with Gasteiger partial charge in [-0.15, -0.1) is 24.8 Å². The van der Waals surface area contributed by atoms with E-state index in [1.807, 2.05) is 24.3 Å². The SMILES string of the molecule is Cl.Cl.c1ccc(COc2cccc(N3CCNCC3)c2)cc1. The lowest BCUT2D eigenvalue weighted by Crippen LogP contribution is -2.43. The van der Waals surface area contributed by atoms with Crippen molar-refractivity contribution in [2.45, 2.75) is 6.61 Å². The number of piperazine rings is 1. The molecule has 1 fully saturated rings. The Hall–Kier alpha value is -1.42. The molecule has 0 radical (unpaired) electrons. The van der Waals surface area contributed by atoms with Crippen LogP contribution in [-0.4, -0.2) is 26.2 Å². The van der Waals surface area contributed by atoms with Gasteiger partial charge in [-0.3, -0.25) is 0 Å². The topological polar surface area (TPSA) is 24.5 Å². The lowest BCUT2D eigenvalue weighted by atomic mass is 10.2. The molecule has 3 nitrogen and oxygen atoms in total. The van der Waals surface area contributed by atoms with Crippen molar-refractivity contribution in [1.82, 2.24) is 5.32 Å². The molecule has 1 heterocycles. The van der Waals surface area contributed by atoms with Crippen molar-refractivity contribution in [1.29, 1.82) is 0 Å². The summed E-state index contributed by atoms with van der Waals surface area (Å²) in [5, 5.41) is 3.37. The number of rotatable bonds is 4. The molecule has 0 bridgehead atoms. The van der Waals surface area contributed by atoms with Crippen molar-refractivity contribution in [3.05, 3.63) is 60.2 Å². The summed E-state index contributed by atoms with van der Waals surface area (Å²) in [7, 11) is 0. The zero-order chi connectivity index (χ0) is 13.6. The summed E-state index contributed by atoms with van der Waals surface area (Å²) in [5.74, 6) is 0.935. The van der Waals surface area contributed by atoms with Gasteiger partial charge in [0.05, 0.1) is 0 Å². The molecule has 1 saturated heterocycles. The molecule has 1 N–H and O–H groups in total. The highest BCUT2D eigenvalue weighted by Crippen LogP contribution is 2.22. The highest BCUT2D eigenvalue weighted by Gasteiger charge is 2.10. The standard InChI is InChI=1S/C17H20N2O.2ClH/c1-2-5-15(6-3-1)14-20-17-8-4-7-16(13-17)19-11-9-18-10-12-19;;/h1-8,13,18H,9-12,14H2;2*1H. The molecule has 2 aromatic carbocycles. The molecule has 0 amide bonds. The fourth-order valence-electron chi connectivity index (χ4n) is 2.43. The maximum atomic E-state index is 5.88. The van der Waals surface area contributed by atoms with Crippen LogP contribution in [-0.2, 0) is 6.61 Å². The van der Waals surface area contributed by atoms with Crippen LogP contribution in [0.2, 0.25) is 0 Å². The summed E-state index contributed by atoms with van der Waals surface area (Å²) in [6.07, 6.45) is 0. The average Bonchev–Trinajstić information content (AvgIpc) is 2.55. The molecule has 1 aliphatic heterocycles. The summed E-state index contributed by atoms with van der Waals surface area (Å²) in [6, 6.07) is 18.6. The lowest BCUT2D eigenvalue weighted by Gasteiger charge is -2.29. The Kier molecular flexibility index (Phi) is 8.10. The number of anilines is 1. The first-order chi connectivity index (χ1) is 9.92. The number of ether oxygens (including phenoxy) is 1. The molecule has 120 valence electrons. The van der Waals surface area contributed by atoms with E-state index in [-0.39, 0.29) is 24.8 Å². The minimum atomic E-state index is 0. The zero-order valence-corrected chi connectivity index (χ0v) is 14.0. The summed E-state index contributed by atoms with van der Waals surface area (Å²) < 4.78 is 5.88. The van der Waals surface area contributed by atoms with Crippen LogP contribution in [0.25, 0.3) is 0 Å². The van der Waals surface area contributed by atoms with Crippen LogP contribution in [0.3, 0.4) is 0 Å². The summed E-state index contributed by atoms with van der Waals surface area (Å²) >= 11 is 0. The molecule has 1 aliphatic rings. The van der Waals surface area contributed by atoms with Gasteiger partial charge in [-0.1, -0.05) is 36.4 Å². The van der Waals surface area contributed by atoms with Gasteiger partial charge < -0.3 is 15.0 Å². The smallest absolute Gasteiger partial charge is 0.121 e. The fraction of sp³-hybridized carbons (Fsp3) is 0.294. The van der Waals surface area contributed by atoms with Crippen molar-refractivity contribution < 1.29 is 4.74 Å². The molecule has 0 aliphatic carbocycles. The van der Waals surface area contributed by atoms with E-state index in [0.29, 0.717) is 6.61 Å². The lowest BCUT2D eigenvalue weighted by molar-refractivity contribution is 0.306. The van der Waals surface area contributed by atoms with E-state index >= 15 is 0 Å². The predicted octanol–water partition coefficient (Wildman–Crippen LogP) is 3.52. The molecule has 0 aromatic heterocycles. The first kappa shape index (κ1) is 18.6. The highest BCUT2D eigenvalue weighted by atomic mass is 35.5. The molecule has 0 unspecified atom stereocenters. The molecule has 0 saturated carbocycles. The van der Waals surface area contributed by atoms with E-state index in [1.54, 1.807) is 0 Å². The molecule has 22 heavy (non-hydrogen) atoms. The molecule has 3 rings (SSSR count). The molecule has 0 atom stereocenters. The molecule has 0 spiro atoms. The summed E-state index contributed by atoms with van der Waals surface area (Å²) in [6.45, 7) is 4.83. The monoisotopic (exact) mass is 340 g/mol. The number of hydrogen-bond acceptors (Lipinski definition) is 3. The third-order valence-corrected chi connectivity index (χ3v) is 3.55. The Bertz CT molecular complexity index is 545. The highest BCUT2D eigenvalue weighted by molar-refractivity contribution is 5.85. The van der Waals surface area contributed by atoms with Crippen molar-refractivity contribution in [3.8, 4) is 5.75 Å². The van der Waals surface area contributed by atoms with Crippen molar-refractivity contribution >= 4 is 30.5 Å². The third kappa shape index (κ3) is 5.09. The summed E-state index contributed by atoms with van der Waals surface area (Å²) in [4.78, 5) is 2.39. The number of nitrogens with one attached hydrogen (secondary N) is 1. The number of halogens is 2. The van der Waals surface area contributed by atoms with Crippen LogP contribution in [0.1, 0.15) is 5.56 Å². The van der Waals surface area contributed by atoms with Gasteiger partial charge >= 0.3 is 0 Å². The van der Waals surface area contributed by atoms with Gasteiger partial charge in [-0.2, -0.15) is 0 Å². The van der Waals surface area contributed by atoms with E-state index in [1.165, 1.54) is 11.3 Å². The Balaban J connectivity index is 0.00000121. The maximum Gasteiger partial charge on any atom is 0.121 e. The average molecular weight is 341 g/mol. The molecular formula is C17H22Cl2N2O. The van der Waals surface area contributed by atoms with Gasteiger partial charge in [0.15, 0.2) is 0 Å². The van der Waals surface area contributed by atoms with E-state index in [2.05, 4.69) is 40.5 Å². The minimum Gasteiger partial charge on any atom is -0.489 e. The van der Waals surface area contributed by atoms with E-state index < -0.39 is 0 Å². The number of benzene rings is 2. The van der Waals surface area contributed by atoms with Gasteiger partial charge in [0.25, 0.3) is 0 Å². The minimum absolute atomic E-state index is 0. The van der Waals surface area contributed by atoms with Crippen LogP contribution in [0, 0.1) is 0 Å². The third-order valence-electron chi connectivity index (χ3n) is 3.55. The summed E-state index contributed by atoms with van der Waals surface area (Å²) in [5.41, 5.74) is 2.44. The van der Waals surface area contributed by atoms with Gasteiger partial charge in [-0.05, 0) is 17.7 Å².